The number of benzene rings is 1. The lowest BCUT2D eigenvalue weighted by atomic mass is 9.83. The van der Waals surface area contributed by atoms with Crippen molar-refractivity contribution < 1.29 is 8.42 Å². The second-order valence-electron chi connectivity index (χ2n) is 5.01. The molecule has 3 nitrogen and oxygen atoms in total. The highest BCUT2D eigenvalue weighted by Gasteiger charge is 2.26. The first-order chi connectivity index (χ1) is 8.37. The molecular weight excluding hydrogens is 246 g/mol. The Balaban J connectivity index is 2.75. The summed E-state index contributed by atoms with van der Waals surface area (Å²) in [5, 5.41) is 0. The summed E-state index contributed by atoms with van der Waals surface area (Å²) in [4.78, 5) is 0. The van der Waals surface area contributed by atoms with Gasteiger partial charge in [-0.1, -0.05) is 43.7 Å². The summed E-state index contributed by atoms with van der Waals surface area (Å²) in [6.45, 7) is 2.10. The van der Waals surface area contributed by atoms with E-state index < -0.39 is 15.4 Å². The molecule has 0 amide bonds. The Kier molecular flexibility index (Phi) is 5.35. The first-order valence-corrected chi connectivity index (χ1v) is 8.45. The fraction of sp³-hybridized carbons (Fsp3) is 0.571. The van der Waals surface area contributed by atoms with Crippen LogP contribution in [-0.2, 0) is 15.4 Å². The molecule has 102 valence electrons. The smallest absolute Gasteiger partial charge is 0.147 e. The van der Waals surface area contributed by atoms with Crippen molar-refractivity contribution in [3.05, 3.63) is 35.9 Å². The van der Waals surface area contributed by atoms with E-state index in [-0.39, 0.29) is 5.75 Å². The Morgan fingerprint density at radius 3 is 2.28 bits per heavy atom. The normalized spacial score (nSPS) is 15.3. The van der Waals surface area contributed by atoms with Gasteiger partial charge in [0, 0.05) is 17.5 Å². The maximum absolute atomic E-state index is 11.2. The van der Waals surface area contributed by atoms with Crippen molar-refractivity contribution in [3.8, 4) is 0 Å². The maximum atomic E-state index is 11.2. The molecule has 0 aliphatic rings. The fourth-order valence-corrected chi connectivity index (χ4v) is 2.95. The Morgan fingerprint density at radius 1 is 1.17 bits per heavy atom. The summed E-state index contributed by atoms with van der Waals surface area (Å²) >= 11 is 0. The van der Waals surface area contributed by atoms with Crippen molar-refractivity contribution in [2.75, 3.05) is 12.0 Å². The standard InChI is InChI=1S/C14H23NO2S/c1-3-10-14(15,11-7-12-18(2,16)17)13-8-5-4-6-9-13/h4-6,8-9H,3,7,10-12,15H2,1-2H3. The van der Waals surface area contributed by atoms with Crippen LogP contribution in [0.5, 0.6) is 0 Å². The van der Waals surface area contributed by atoms with E-state index >= 15 is 0 Å². The number of hydrogen-bond donors (Lipinski definition) is 1. The van der Waals surface area contributed by atoms with Crippen molar-refractivity contribution in [2.45, 2.75) is 38.1 Å². The third kappa shape index (κ3) is 4.78. The van der Waals surface area contributed by atoms with Gasteiger partial charge in [-0.3, -0.25) is 0 Å². The van der Waals surface area contributed by atoms with Crippen LogP contribution < -0.4 is 5.73 Å². The molecule has 0 saturated heterocycles. The molecular formula is C14H23NO2S. The summed E-state index contributed by atoms with van der Waals surface area (Å²) < 4.78 is 22.3. The van der Waals surface area contributed by atoms with E-state index in [1.807, 2.05) is 30.3 Å². The van der Waals surface area contributed by atoms with Crippen LogP contribution in [-0.4, -0.2) is 20.4 Å². The molecule has 1 atom stereocenters. The predicted molar refractivity (Wildman–Crippen MR) is 76.2 cm³/mol. The van der Waals surface area contributed by atoms with E-state index in [9.17, 15) is 8.42 Å². The molecule has 0 aliphatic carbocycles. The summed E-state index contributed by atoms with van der Waals surface area (Å²) in [7, 11) is -2.90. The minimum absolute atomic E-state index is 0.211. The third-order valence-corrected chi connectivity index (χ3v) is 4.21. The van der Waals surface area contributed by atoms with E-state index in [1.54, 1.807) is 0 Å². The number of sulfone groups is 1. The molecule has 0 radical (unpaired) electrons. The van der Waals surface area contributed by atoms with Gasteiger partial charge in [0.2, 0.25) is 0 Å². The lowest BCUT2D eigenvalue weighted by Crippen LogP contribution is -2.37. The van der Waals surface area contributed by atoms with E-state index in [0.717, 1.165) is 18.4 Å². The monoisotopic (exact) mass is 269 g/mol. The van der Waals surface area contributed by atoms with Crippen molar-refractivity contribution in [3.63, 3.8) is 0 Å². The van der Waals surface area contributed by atoms with Crippen molar-refractivity contribution in [1.82, 2.24) is 0 Å². The zero-order valence-corrected chi connectivity index (χ0v) is 12.0. The van der Waals surface area contributed by atoms with Crippen LogP contribution in [0.2, 0.25) is 0 Å². The Hall–Kier alpha value is -0.870. The Morgan fingerprint density at radius 2 is 1.78 bits per heavy atom. The predicted octanol–water partition coefficient (Wildman–Crippen LogP) is 2.47. The van der Waals surface area contributed by atoms with Gasteiger partial charge in [-0.15, -0.1) is 0 Å². The second-order valence-corrected chi connectivity index (χ2v) is 7.27. The van der Waals surface area contributed by atoms with E-state index in [2.05, 4.69) is 6.92 Å². The van der Waals surface area contributed by atoms with Crippen molar-refractivity contribution in [2.24, 2.45) is 5.73 Å². The van der Waals surface area contributed by atoms with Crippen molar-refractivity contribution in [1.29, 1.82) is 0 Å². The largest absolute Gasteiger partial charge is 0.321 e. The maximum Gasteiger partial charge on any atom is 0.147 e. The quantitative estimate of drug-likeness (QED) is 0.827. The fourth-order valence-electron chi connectivity index (χ4n) is 2.28. The molecule has 18 heavy (non-hydrogen) atoms. The van der Waals surface area contributed by atoms with Gasteiger partial charge in [0.15, 0.2) is 0 Å². The number of nitrogens with two attached hydrogens (primary N) is 1. The van der Waals surface area contributed by atoms with Crippen LogP contribution in [0.15, 0.2) is 30.3 Å². The molecule has 4 heteroatoms. The summed E-state index contributed by atoms with van der Waals surface area (Å²) in [6, 6.07) is 9.96. The zero-order chi connectivity index (χ0) is 13.6. The van der Waals surface area contributed by atoms with Gasteiger partial charge in [-0.2, -0.15) is 0 Å². The minimum Gasteiger partial charge on any atom is -0.321 e. The molecule has 1 rings (SSSR count). The van der Waals surface area contributed by atoms with Crippen LogP contribution in [0.4, 0.5) is 0 Å². The molecule has 0 aliphatic heterocycles. The van der Waals surface area contributed by atoms with E-state index in [4.69, 9.17) is 5.73 Å². The van der Waals surface area contributed by atoms with Gasteiger partial charge in [0.1, 0.15) is 9.84 Å². The molecule has 1 aromatic carbocycles. The first-order valence-electron chi connectivity index (χ1n) is 6.39. The molecule has 0 fully saturated rings. The summed E-state index contributed by atoms with van der Waals surface area (Å²) in [5.41, 5.74) is 7.16. The molecule has 0 heterocycles. The van der Waals surface area contributed by atoms with Crippen LogP contribution in [0.1, 0.15) is 38.2 Å². The number of rotatable bonds is 7. The highest BCUT2D eigenvalue weighted by molar-refractivity contribution is 7.90. The van der Waals surface area contributed by atoms with Gasteiger partial charge in [0.05, 0.1) is 0 Å². The van der Waals surface area contributed by atoms with E-state index in [1.165, 1.54) is 6.26 Å². The SMILES string of the molecule is CCCC(N)(CCCS(C)(=O)=O)c1ccccc1. The topological polar surface area (TPSA) is 60.2 Å². The van der Waals surface area contributed by atoms with Gasteiger partial charge in [-0.25, -0.2) is 8.42 Å². The zero-order valence-electron chi connectivity index (χ0n) is 11.2. The molecule has 2 N–H and O–H groups in total. The van der Waals surface area contributed by atoms with Crippen molar-refractivity contribution >= 4 is 9.84 Å². The first kappa shape index (κ1) is 15.2. The second kappa shape index (κ2) is 6.34. The molecule has 0 aromatic heterocycles. The summed E-state index contributed by atoms with van der Waals surface area (Å²) in [5.74, 6) is 0.211. The van der Waals surface area contributed by atoms with Crippen LogP contribution >= 0.6 is 0 Å². The Bertz CT molecular complexity index is 456. The van der Waals surface area contributed by atoms with Crippen LogP contribution in [0.3, 0.4) is 0 Å². The highest BCUT2D eigenvalue weighted by Crippen LogP contribution is 2.28. The molecule has 1 unspecified atom stereocenters. The number of hydrogen-bond acceptors (Lipinski definition) is 3. The summed E-state index contributed by atoms with van der Waals surface area (Å²) in [6.07, 6.45) is 4.46. The van der Waals surface area contributed by atoms with Crippen LogP contribution in [0, 0.1) is 0 Å². The molecule has 0 saturated carbocycles. The third-order valence-electron chi connectivity index (χ3n) is 3.18. The highest BCUT2D eigenvalue weighted by atomic mass is 32.2. The lowest BCUT2D eigenvalue weighted by Gasteiger charge is -2.30. The van der Waals surface area contributed by atoms with Gasteiger partial charge in [0.25, 0.3) is 0 Å². The average Bonchev–Trinajstić information content (AvgIpc) is 2.29. The van der Waals surface area contributed by atoms with E-state index in [0.29, 0.717) is 12.8 Å². The minimum atomic E-state index is -2.90. The average molecular weight is 269 g/mol. The molecule has 1 aromatic rings. The lowest BCUT2D eigenvalue weighted by molar-refractivity contribution is 0.369. The van der Waals surface area contributed by atoms with Gasteiger partial charge in [-0.05, 0) is 24.8 Å². The van der Waals surface area contributed by atoms with Gasteiger partial charge >= 0.3 is 0 Å². The molecule has 0 bridgehead atoms. The molecule has 0 spiro atoms. The Labute approximate surface area is 110 Å². The van der Waals surface area contributed by atoms with Crippen LogP contribution in [0.25, 0.3) is 0 Å². The van der Waals surface area contributed by atoms with Gasteiger partial charge < -0.3 is 5.73 Å².